The molecule has 1 aromatic heterocycles. The Hall–Kier alpha value is -3.19. The van der Waals surface area contributed by atoms with Gasteiger partial charge in [-0.1, -0.05) is 36.7 Å². The van der Waals surface area contributed by atoms with Crippen molar-refractivity contribution in [2.45, 2.75) is 19.4 Å². The van der Waals surface area contributed by atoms with Gasteiger partial charge in [-0.15, -0.1) is 0 Å². The van der Waals surface area contributed by atoms with Gasteiger partial charge in [0.15, 0.2) is 0 Å². The Balaban J connectivity index is 1.84. The third kappa shape index (κ3) is 4.37. The highest BCUT2D eigenvalue weighted by Gasteiger charge is 2.22. The molecular weight excluding hydrogens is 380 g/mol. The molecule has 0 aliphatic heterocycles. The van der Waals surface area contributed by atoms with Crippen molar-refractivity contribution in [3.05, 3.63) is 70.2 Å². The molecule has 0 radical (unpaired) electrons. The van der Waals surface area contributed by atoms with Crippen molar-refractivity contribution in [2.75, 3.05) is 12.4 Å². The first-order valence-electron chi connectivity index (χ1n) is 8.68. The molecule has 0 saturated carbocycles. The summed E-state index contributed by atoms with van der Waals surface area (Å²) in [7, 11) is 1.55. The van der Waals surface area contributed by atoms with E-state index in [0.717, 1.165) is 10.2 Å². The number of benzene rings is 2. The van der Waals surface area contributed by atoms with Crippen LogP contribution in [0.4, 0.5) is 5.69 Å². The lowest BCUT2D eigenvalue weighted by Crippen LogP contribution is -2.36. The van der Waals surface area contributed by atoms with E-state index >= 15 is 0 Å². The largest absolute Gasteiger partial charge is 0.497 e. The van der Waals surface area contributed by atoms with E-state index < -0.39 is 11.7 Å². The van der Waals surface area contributed by atoms with Crippen molar-refractivity contribution >= 4 is 23.2 Å². The first-order chi connectivity index (χ1) is 13.5. The molecule has 2 aromatic carbocycles. The van der Waals surface area contributed by atoms with Crippen LogP contribution in [-0.2, 0) is 4.79 Å². The number of nitrogens with one attached hydrogen (secondary N) is 1. The molecule has 0 fully saturated rings. The van der Waals surface area contributed by atoms with Gasteiger partial charge in [-0.2, -0.15) is 10.1 Å². The van der Waals surface area contributed by atoms with Crippen LogP contribution < -0.4 is 15.7 Å². The van der Waals surface area contributed by atoms with Gasteiger partial charge in [-0.3, -0.25) is 4.79 Å². The Morgan fingerprint density at radius 1 is 1.25 bits per heavy atom. The lowest BCUT2D eigenvalue weighted by Gasteiger charge is -2.16. The maximum atomic E-state index is 12.7. The minimum Gasteiger partial charge on any atom is -0.497 e. The number of anilines is 1. The summed E-state index contributed by atoms with van der Waals surface area (Å²) in [6.07, 6.45) is 1.84. The van der Waals surface area contributed by atoms with E-state index in [0.29, 0.717) is 28.6 Å². The van der Waals surface area contributed by atoms with Crippen LogP contribution in [0, 0.1) is 0 Å². The van der Waals surface area contributed by atoms with Crippen LogP contribution in [0.1, 0.15) is 19.4 Å². The average Bonchev–Trinajstić information content (AvgIpc) is 2.70. The molecule has 3 aromatic rings. The number of hydrogen-bond acceptors (Lipinski definition) is 5. The van der Waals surface area contributed by atoms with Gasteiger partial charge in [0.25, 0.3) is 0 Å². The summed E-state index contributed by atoms with van der Waals surface area (Å²) in [5.74, 6) is 0.265. The Morgan fingerprint density at radius 2 is 2.00 bits per heavy atom. The zero-order valence-corrected chi connectivity index (χ0v) is 16.2. The third-order valence-electron chi connectivity index (χ3n) is 4.18. The summed E-state index contributed by atoms with van der Waals surface area (Å²) in [6.45, 7) is 1.80. The molecule has 144 valence electrons. The fourth-order valence-corrected chi connectivity index (χ4v) is 2.84. The van der Waals surface area contributed by atoms with Crippen molar-refractivity contribution in [3.63, 3.8) is 0 Å². The summed E-state index contributed by atoms with van der Waals surface area (Å²) in [4.78, 5) is 29.3. The molecule has 0 saturated heterocycles. The van der Waals surface area contributed by atoms with Gasteiger partial charge >= 0.3 is 5.69 Å². The number of nitrogens with zero attached hydrogens (tertiary/aromatic N) is 3. The summed E-state index contributed by atoms with van der Waals surface area (Å²) in [5.41, 5.74) is 1.11. The minimum absolute atomic E-state index is 0.355. The third-order valence-corrected chi connectivity index (χ3v) is 4.43. The summed E-state index contributed by atoms with van der Waals surface area (Å²) in [6, 6.07) is 13.1. The first-order valence-corrected chi connectivity index (χ1v) is 9.06. The fraction of sp³-hybridized carbons (Fsp3) is 0.200. The number of aromatic nitrogens is 3. The summed E-state index contributed by atoms with van der Waals surface area (Å²) in [5, 5.41) is 7.54. The van der Waals surface area contributed by atoms with Gasteiger partial charge in [0.05, 0.1) is 19.0 Å². The second-order valence-corrected chi connectivity index (χ2v) is 6.46. The van der Waals surface area contributed by atoms with Crippen molar-refractivity contribution in [1.82, 2.24) is 14.8 Å². The Kier molecular flexibility index (Phi) is 6.06. The van der Waals surface area contributed by atoms with E-state index in [1.165, 1.54) is 6.20 Å². The highest BCUT2D eigenvalue weighted by Crippen LogP contribution is 2.20. The van der Waals surface area contributed by atoms with Crippen molar-refractivity contribution < 1.29 is 9.53 Å². The maximum absolute atomic E-state index is 12.7. The van der Waals surface area contributed by atoms with E-state index in [1.54, 1.807) is 62.6 Å². The van der Waals surface area contributed by atoms with Crippen LogP contribution in [0.2, 0.25) is 5.02 Å². The Labute approximate surface area is 166 Å². The Bertz CT molecular complexity index is 1030. The van der Waals surface area contributed by atoms with Gasteiger partial charge in [-0.25, -0.2) is 9.48 Å². The van der Waals surface area contributed by atoms with E-state index in [-0.39, 0.29) is 5.91 Å². The quantitative estimate of drug-likeness (QED) is 0.686. The van der Waals surface area contributed by atoms with Crippen LogP contribution in [-0.4, -0.2) is 27.8 Å². The molecule has 3 rings (SSSR count). The topological polar surface area (TPSA) is 86.1 Å². The van der Waals surface area contributed by atoms with Gasteiger partial charge < -0.3 is 10.1 Å². The number of halogens is 1. The van der Waals surface area contributed by atoms with E-state index in [9.17, 15) is 9.59 Å². The molecule has 1 amide bonds. The SMILES string of the molecule is CCC(C(=O)Nc1cccc(OC)c1)n1ncc(-c2ccc(Cl)cc2)nc1=O. The first kappa shape index (κ1) is 19.6. The number of amides is 1. The second kappa shape index (κ2) is 8.67. The maximum Gasteiger partial charge on any atom is 0.365 e. The lowest BCUT2D eigenvalue weighted by atomic mass is 10.2. The van der Waals surface area contributed by atoms with Gasteiger partial charge in [-0.05, 0) is 30.7 Å². The van der Waals surface area contributed by atoms with Crippen LogP contribution in [0.25, 0.3) is 11.3 Å². The lowest BCUT2D eigenvalue weighted by molar-refractivity contribution is -0.119. The van der Waals surface area contributed by atoms with Crippen LogP contribution in [0.5, 0.6) is 5.75 Å². The number of methoxy groups -OCH3 is 1. The molecule has 8 heteroatoms. The highest BCUT2D eigenvalue weighted by molar-refractivity contribution is 6.30. The molecular formula is C20H19ClN4O3. The molecule has 0 spiro atoms. The van der Waals surface area contributed by atoms with E-state index in [2.05, 4.69) is 15.4 Å². The van der Waals surface area contributed by atoms with Gasteiger partial charge in [0.1, 0.15) is 11.8 Å². The average molecular weight is 399 g/mol. The van der Waals surface area contributed by atoms with Gasteiger partial charge in [0.2, 0.25) is 5.91 Å². The van der Waals surface area contributed by atoms with Gasteiger partial charge in [0, 0.05) is 22.3 Å². The number of ether oxygens (including phenoxy) is 1. The molecule has 0 aliphatic carbocycles. The standard InChI is InChI=1S/C20H19ClN4O3/c1-3-18(19(26)23-15-5-4-6-16(11-15)28-2)25-20(27)24-17(12-22-25)13-7-9-14(21)10-8-13/h4-12,18H,3H2,1-2H3,(H,23,26). The molecule has 0 bridgehead atoms. The second-order valence-electron chi connectivity index (χ2n) is 6.02. The molecule has 1 N–H and O–H groups in total. The molecule has 1 atom stereocenters. The monoisotopic (exact) mass is 398 g/mol. The Morgan fingerprint density at radius 3 is 2.64 bits per heavy atom. The number of carbonyl (C=O) groups is 1. The van der Waals surface area contributed by atoms with E-state index in [1.807, 2.05) is 0 Å². The van der Waals surface area contributed by atoms with Crippen LogP contribution in [0.15, 0.2) is 59.5 Å². The summed E-state index contributed by atoms with van der Waals surface area (Å²) >= 11 is 5.88. The van der Waals surface area contributed by atoms with E-state index in [4.69, 9.17) is 16.3 Å². The zero-order chi connectivity index (χ0) is 20.1. The predicted octanol–water partition coefficient (Wildman–Crippen LogP) is 3.56. The molecule has 28 heavy (non-hydrogen) atoms. The number of rotatable bonds is 6. The minimum atomic E-state index is -0.787. The predicted molar refractivity (Wildman–Crippen MR) is 108 cm³/mol. The fourth-order valence-electron chi connectivity index (χ4n) is 2.72. The van der Waals surface area contributed by atoms with Crippen molar-refractivity contribution in [2.24, 2.45) is 0 Å². The van der Waals surface area contributed by atoms with Crippen molar-refractivity contribution in [3.8, 4) is 17.0 Å². The zero-order valence-electron chi connectivity index (χ0n) is 15.4. The van der Waals surface area contributed by atoms with Crippen LogP contribution >= 0.6 is 11.6 Å². The normalized spacial score (nSPS) is 11.7. The molecule has 1 heterocycles. The number of carbonyl (C=O) groups excluding carboxylic acids is 1. The molecule has 0 aliphatic rings. The highest BCUT2D eigenvalue weighted by atomic mass is 35.5. The molecule has 1 unspecified atom stereocenters. The summed E-state index contributed by atoms with van der Waals surface area (Å²) < 4.78 is 6.24. The van der Waals surface area contributed by atoms with Crippen molar-refractivity contribution in [1.29, 1.82) is 0 Å². The molecule has 7 nitrogen and oxygen atoms in total. The smallest absolute Gasteiger partial charge is 0.365 e. The number of hydrogen-bond donors (Lipinski definition) is 1. The van der Waals surface area contributed by atoms with Crippen LogP contribution in [0.3, 0.4) is 0 Å².